The van der Waals surface area contributed by atoms with Crippen molar-refractivity contribution >= 4 is 21.4 Å². The first-order valence-electron chi connectivity index (χ1n) is 4.91. The summed E-state index contributed by atoms with van der Waals surface area (Å²) in [5, 5.41) is 10.4. The van der Waals surface area contributed by atoms with Crippen LogP contribution in [0.4, 0.5) is 0 Å². The minimum atomic E-state index is -3.04. The molecule has 16 heavy (non-hydrogen) atoms. The van der Waals surface area contributed by atoms with Crippen molar-refractivity contribution in [3.63, 3.8) is 0 Å². The van der Waals surface area contributed by atoms with Crippen LogP contribution in [0.15, 0.2) is 18.2 Å². The van der Waals surface area contributed by atoms with Gasteiger partial charge in [-0.1, -0.05) is 23.7 Å². The van der Waals surface area contributed by atoms with Gasteiger partial charge in [0.2, 0.25) is 0 Å². The Balaban J connectivity index is 2.73. The molecule has 1 aromatic rings. The topological polar surface area (TPSA) is 54.4 Å². The van der Waals surface area contributed by atoms with Crippen molar-refractivity contribution in [3.8, 4) is 0 Å². The summed E-state index contributed by atoms with van der Waals surface area (Å²) in [4.78, 5) is 0. The second kappa shape index (κ2) is 5.17. The molecule has 0 aliphatic heterocycles. The fraction of sp³-hybridized carbons (Fsp3) is 0.455. The van der Waals surface area contributed by atoms with Crippen molar-refractivity contribution in [2.75, 3.05) is 12.0 Å². The highest BCUT2D eigenvalue weighted by Gasteiger charge is 2.12. The summed E-state index contributed by atoms with van der Waals surface area (Å²) >= 11 is 5.92. The Morgan fingerprint density at radius 1 is 1.44 bits per heavy atom. The predicted molar refractivity (Wildman–Crippen MR) is 65.5 cm³/mol. The average molecular weight is 263 g/mol. The first-order valence-corrected chi connectivity index (χ1v) is 7.35. The summed E-state index contributed by atoms with van der Waals surface area (Å²) in [5.74, 6) is -0.0281. The Bertz CT molecular complexity index is 468. The zero-order valence-corrected chi connectivity index (χ0v) is 10.8. The van der Waals surface area contributed by atoms with Crippen molar-refractivity contribution < 1.29 is 13.5 Å². The predicted octanol–water partition coefficient (Wildman–Crippen LogP) is 2.12. The van der Waals surface area contributed by atoms with E-state index in [9.17, 15) is 13.5 Å². The van der Waals surface area contributed by atoms with Crippen molar-refractivity contribution in [2.45, 2.75) is 19.4 Å². The van der Waals surface area contributed by atoms with Crippen molar-refractivity contribution in [3.05, 3.63) is 34.3 Å². The highest BCUT2D eigenvalue weighted by molar-refractivity contribution is 7.90. The van der Waals surface area contributed by atoms with Gasteiger partial charge >= 0.3 is 0 Å². The minimum Gasteiger partial charge on any atom is -0.388 e. The standard InChI is InChI=1S/C11H15ClO3S/c1-8-3-4-9(7-10(8)12)11(13)5-6-16(2,14)15/h3-4,7,11,13H,5-6H2,1-2H3. The molecule has 0 heterocycles. The molecule has 0 saturated carbocycles. The molecule has 0 saturated heterocycles. The molecule has 1 rings (SSSR count). The van der Waals surface area contributed by atoms with Gasteiger partial charge in [0.25, 0.3) is 0 Å². The third kappa shape index (κ3) is 4.12. The number of rotatable bonds is 4. The fourth-order valence-electron chi connectivity index (χ4n) is 1.31. The first-order chi connectivity index (χ1) is 7.29. The molecule has 0 bridgehead atoms. The van der Waals surface area contributed by atoms with Crippen LogP contribution in [0.3, 0.4) is 0 Å². The quantitative estimate of drug-likeness (QED) is 0.904. The van der Waals surface area contributed by atoms with Crippen LogP contribution in [0, 0.1) is 6.92 Å². The van der Waals surface area contributed by atoms with Crippen LogP contribution in [-0.4, -0.2) is 25.5 Å². The largest absolute Gasteiger partial charge is 0.388 e. The molecule has 0 amide bonds. The molecule has 0 aliphatic carbocycles. The number of benzene rings is 1. The second-order valence-electron chi connectivity index (χ2n) is 3.94. The van der Waals surface area contributed by atoms with Crippen LogP contribution >= 0.6 is 11.6 Å². The molecule has 5 heteroatoms. The van der Waals surface area contributed by atoms with Crippen LogP contribution in [-0.2, 0) is 9.84 Å². The number of aliphatic hydroxyl groups is 1. The van der Waals surface area contributed by atoms with E-state index in [-0.39, 0.29) is 12.2 Å². The molecule has 1 aromatic carbocycles. The number of hydrogen-bond donors (Lipinski definition) is 1. The number of halogens is 1. The zero-order valence-electron chi connectivity index (χ0n) is 9.27. The maximum Gasteiger partial charge on any atom is 0.147 e. The van der Waals surface area contributed by atoms with E-state index in [4.69, 9.17) is 11.6 Å². The van der Waals surface area contributed by atoms with Gasteiger partial charge in [0, 0.05) is 11.3 Å². The lowest BCUT2D eigenvalue weighted by atomic mass is 10.1. The third-order valence-electron chi connectivity index (χ3n) is 2.34. The highest BCUT2D eigenvalue weighted by Crippen LogP contribution is 2.23. The molecule has 1 atom stereocenters. The SMILES string of the molecule is Cc1ccc(C(O)CCS(C)(=O)=O)cc1Cl. The number of aliphatic hydroxyl groups excluding tert-OH is 1. The van der Waals surface area contributed by atoms with Crippen molar-refractivity contribution in [1.82, 2.24) is 0 Å². The average Bonchev–Trinajstić information content (AvgIpc) is 2.17. The van der Waals surface area contributed by atoms with Crippen LogP contribution < -0.4 is 0 Å². The van der Waals surface area contributed by atoms with Gasteiger partial charge in [-0.05, 0) is 30.5 Å². The molecule has 0 fully saturated rings. The molecule has 3 nitrogen and oxygen atoms in total. The van der Waals surface area contributed by atoms with E-state index in [0.29, 0.717) is 10.6 Å². The van der Waals surface area contributed by atoms with Gasteiger partial charge in [0.15, 0.2) is 0 Å². The van der Waals surface area contributed by atoms with Gasteiger partial charge in [0.1, 0.15) is 9.84 Å². The fourth-order valence-corrected chi connectivity index (χ4v) is 2.15. The second-order valence-corrected chi connectivity index (χ2v) is 6.61. The zero-order chi connectivity index (χ0) is 12.3. The Labute approximate surface area is 101 Å². The monoisotopic (exact) mass is 262 g/mol. The maximum absolute atomic E-state index is 11.0. The summed E-state index contributed by atoms with van der Waals surface area (Å²) in [6.45, 7) is 1.87. The number of hydrogen-bond acceptors (Lipinski definition) is 3. The molecule has 0 spiro atoms. The van der Waals surface area contributed by atoms with E-state index in [1.165, 1.54) is 0 Å². The van der Waals surface area contributed by atoms with E-state index < -0.39 is 15.9 Å². The summed E-state index contributed by atoms with van der Waals surface area (Å²) in [7, 11) is -3.04. The molecule has 1 N–H and O–H groups in total. The first kappa shape index (κ1) is 13.5. The van der Waals surface area contributed by atoms with Gasteiger partial charge < -0.3 is 5.11 Å². The lowest BCUT2D eigenvalue weighted by molar-refractivity contribution is 0.174. The summed E-state index contributed by atoms with van der Waals surface area (Å²) in [6, 6.07) is 5.24. The Morgan fingerprint density at radius 3 is 2.56 bits per heavy atom. The van der Waals surface area contributed by atoms with Crippen molar-refractivity contribution in [1.29, 1.82) is 0 Å². The van der Waals surface area contributed by atoms with E-state index in [1.807, 2.05) is 6.92 Å². The molecule has 90 valence electrons. The molecule has 0 aromatic heterocycles. The number of aryl methyl sites for hydroxylation is 1. The smallest absolute Gasteiger partial charge is 0.147 e. The van der Waals surface area contributed by atoms with Gasteiger partial charge in [-0.25, -0.2) is 8.42 Å². The Hall–Kier alpha value is -0.580. The van der Waals surface area contributed by atoms with Crippen LogP contribution in [0.1, 0.15) is 23.7 Å². The number of sulfone groups is 1. The molecule has 0 aliphatic rings. The van der Waals surface area contributed by atoms with E-state index in [2.05, 4.69) is 0 Å². The maximum atomic E-state index is 11.0. The molecule has 0 radical (unpaired) electrons. The third-order valence-corrected chi connectivity index (χ3v) is 3.73. The van der Waals surface area contributed by atoms with E-state index in [0.717, 1.165) is 11.8 Å². The normalized spacial score (nSPS) is 13.8. The summed E-state index contributed by atoms with van der Waals surface area (Å²) < 4.78 is 21.9. The Morgan fingerprint density at radius 2 is 2.06 bits per heavy atom. The van der Waals surface area contributed by atoms with Crippen LogP contribution in [0.5, 0.6) is 0 Å². The van der Waals surface area contributed by atoms with Gasteiger partial charge in [-0.15, -0.1) is 0 Å². The van der Waals surface area contributed by atoms with Gasteiger partial charge in [-0.3, -0.25) is 0 Å². The van der Waals surface area contributed by atoms with E-state index >= 15 is 0 Å². The Kier molecular flexibility index (Phi) is 4.35. The molecular weight excluding hydrogens is 248 g/mol. The molecular formula is C11H15ClO3S. The lowest BCUT2D eigenvalue weighted by Crippen LogP contribution is -2.08. The highest BCUT2D eigenvalue weighted by atomic mass is 35.5. The van der Waals surface area contributed by atoms with Crippen molar-refractivity contribution in [2.24, 2.45) is 0 Å². The summed E-state index contributed by atoms with van der Waals surface area (Å²) in [5.41, 5.74) is 1.58. The van der Waals surface area contributed by atoms with Gasteiger partial charge in [0.05, 0.1) is 11.9 Å². The molecule has 1 unspecified atom stereocenters. The van der Waals surface area contributed by atoms with Crippen LogP contribution in [0.25, 0.3) is 0 Å². The van der Waals surface area contributed by atoms with Crippen LogP contribution in [0.2, 0.25) is 5.02 Å². The van der Waals surface area contributed by atoms with Gasteiger partial charge in [-0.2, -0.15) is 0 Å². The minimum absolute atomic E-state index is 0.0281. The summed E-state index contributed by atoms with van der Waals surface area (Å²) in [6.07, 6.45) is 0.563. The lowest BCUT2D eigenvalue weighted by Gasteiger charge is -2.11. The van der Waals surface area contributed by atoms with E-state index in [1.54, 1.807) is 18.2 Å².